The van der Waals surface area contributed by atoms with E-state index in [1.54, 1.807) is 26.0 Å². The predicted octanol–water partition coefficient (Wildman–Crippen LogP) is 2.43. The zero-order valence-corrected chi connectivity index (χ0v) is 13.8. The third kappa shape index (κ3) is 3.76. The van der Waals surface area contributed by atoms with Crippen molar-refractivity contribution >= 4 is 21.5 Å². The van der Waals surface area contributed by atoms with Gasteiger partial charge in [-0.05, 0) is 32.4 Å². The van der Waals surface area contributed by atoms with Crippen LogP contribution in [0.2, 0.25) is 0 Å². The van der Waals surface area contributed by atoms with Crippen LogP contribution in [-0.4, -0.2) is 30.1 Å². The van der Waals surface area contributed by atoms with Crippen molar-refractivity contribution in [1.82, 2.24) is 15.2 Å². The van der Waals surface area contributed by atoms with Gasteiger partial charge in [-0.25, -0.2) is 13.4 Å². The molecule has 0 atom stereocenters. The van der Waals surface area contributed by atoms with E-state index in [2.05, 4.69) is 32.1 Å². The number of sulfonamides is 1. The smallest absolute Gasteiger partial charge is 0.265 e. The van der Waals surface area contributed by atoms with Gasteiger partial charge in [-0.15, -0.1) is 0 Å². The topological polar surface area (TPSA) is 99.8 Å². The lowest BCUT2D eigenvalue weighted by atomic mass is 10.3. The van der Waals surface area contributed by atoms with Crippen molar-refractivity contribution in [2.75, 3.05) is 16.6 Å². The molecular formula is C14H21N5O2S. The molecule has 0 unspecified atom stereocenters. The van der Waals surface area contributed by atoms with Gasteiger partial charge in [-0.2, -0.15) is 5.10 Å². The van der Waals surface area contributed by atoms with Gasteiger partial charge < -0.3 is 5.32 Å². The Labute approximate surface area is 130 Å². The van der Waals surface area contributed by atoms with Crippen LogP contribution in [-0.2, 0) is 10.0 Å². The molecule has 0 aromatic carbocycles. The van der Waals surface area contributed by atoms with E-state index < -0.39 is 10.0 Å². The number of aromatic nitrogens is 3. The van der Waals surface area contributed by atoms with Crippen LogP contribution in [0.3, 0.4) is 0 Å². The van der Waals surface area contributed by atoms with Gasteiger partial charge >= 0.3 is 0 Å². The number of pyridine rings is 1. The third-order valence-corrected chi connectivity index (χ3v) is 4.82. The van der Waals surface area contributed by atoms with Crippen LogP contribution >= 0.6 is 0 Å². The molecule has 0 bridgehead atoms. The first-order valence-electron chi connectivity index (χ1n) is 7.18. The first-order valence-corrected chi connectivity index (χ1v) is 8.66. The van der Waals surface area contributed by atoms with Crippen LogP contribution in [0.5, 0.6) is 0 Å². The van der Waals surface area contributed by atoms with Gasteiger partial charge in [-0.1, -0.05) is 13.3 Å². The normalized spacial score (nSPS) is 11.4. The molecule has 0 aliphatic carbocycles. The summed E-state index contributed by atoms with van der Waals surface area (Å²) in [5.74, 6) is 0.729. The summed E-state index contributed by atoms with van der Waals surface area (Å²) in [6.07, 6.45) is 3.67. The van der Waals surface area contributed by atoms with Gasteiger partial charge in [0, 0.05) is 6.54 Å². The Balaban J connectivity index is 2.10. The van der Waals surface area contributed by atoms with E-state index >= 15 is 0 Å². The van der Waals surface area contributed by atoms with Crippen molar-refractivity contribution in [3.63, 3.8) is 0 Å². The van der Waals surface area contributed by atoms with E-state index in [-0.39, 0.29) is 4.90 Å². The van der Waals surface area contributed by atoms with Crippen LogP contribution < -0.4 is 10.0 Å². The number of anilines is 2. The molecule has 22 heavy (non-hydrogen) atoms. The summed E-state index contributed by atoms with van der Waals surface area (Å²) in [6.45, 7) is 6.29. The SMILES string of the molecule is CCCCNc1ccc(NS(=O)(=O)c2c(C)n[nH]c2C)cn1. The summed E-state index contributed by atoms with van der Waals surface area (Å²) < 4.78 is 27.3. The Morgan fingerprint density at radius 2 is 2.05 bits per heavy atom. The third-order valence-electron chi connectivity index (χ3n) is 3.18. The molecule has 2 heterocycles. The molecule has 8 heteroatoms. The molecule has 2 aromatic rings. The number of unbranched alkanes of at least 4 members (excludes halogenated alkanes) is 1. The molecule has 2 rings (SSSR count). The van der Waals surface area contributed by atoms with Crippen LogP contribution in [0.25, 0.3) is 0 Å². The molecule has 0 aliphatic heterocycles. The maximum absolute atomic E-state index is 12.4. The summed E-state index contributed by atoms with van der Waals surface area (Å²) in [5.41, 5.74) is 1.37. The second-order valence-electron chi connectivity index (χ2n) is 5.08. The van der Waals surface area contributed by atoms with Gasteiger partial charge in [0.25, 0.3) is 10.0 Å². The fraction of sp³-hybridized carbons (Fsp3) is 0.429. The second-order valence-corrected chi connectivity index (χ2v) is 6.70. The van der Waals surface area contributed by atoms with E-state index in [0.29, 0.717) is 17.1 Å². The lowest BCUT2D eigenvalue weighted by Crippen LogP contribution is -2.15. The van der Waals surface area contributed by atoms with E-state index in [1.807, 2.05) is 0 Å². The number of nitrogens with zero attached hydrogens (tertiary/aromatic N) is 2. The van der Waals surface area contributed by atoms with Gasteiger partial charge in [-0.3, -0.25) is 9.82 Å². The van der Waals surface area contributed by atoms with Gasteiger partial charge in [0.15, 0.2) is 0 Å². The standard InChI is InChI=1S/C14H21N5O2S/c1-4-5-8-15-13-7-6-12(9-16-13)19-22(20,21)14-10(2)17-18-11(14)3/h6-7,9,19H,4-5,8H2,1-3H3,(H,15,16)(H,17,18). The highest BCUT2D eigenvalue weighted by Crippen LogP contribution is 2.20. The Bertz CT molecular complexity index is 703. The quantitative estimate of drug-likeness (QED) is 0.680. The van der Waals surface area contributed by atoms with Crippen LogP contribution in [0.1, 0.15) is 31.2 Å². The number of hydrogen-bond acceptors (Lipinski definition) is 5. The lowest BCUT2D eigenvalue weighted by Gasteiger charge is -2.09. The molecule has 7 nitrogen and oxygen atoms in total. The van der Waals surface area contributed by atoms with E-state index in [1.165, 1.54) is 6.20 Å². The van der Waals surface area contributed by atoms with Crippen molar-refractivity contribution in [3.05, 3.63) is 29.7 Å². The van der Waals surface area contributed by atoms with E-state index in [4.69, 9.17) is 0 Å². The number of rotatable bonds is 7. The Kier molecular flexibility index (Phi) is 5.02. The Morgan fingerprint density at radius 1 is 1.27 bits per heavy atom. The zero-order valence-electron chi connectivity index (χ0n) is 13.0. The van der Waals surface area contributed by atoms with Gasteiger partial charge in [0.2, 0.25) is 0 Å². The largest absolute Gasteiger partial charge is 0.370 e. The zero-order chi connectivity index (χ0) is 16.2. The molecular weight excluding hydrogens is 302 g/mol. The molecule has 0 aliphatic rings. The summed E-state index contributed by atoms with van der Waals surface area (Å²) in [7, 11) is -3.67. The van der Waals surface area contributed by atoms with E-state index in [0.717, 1.165) is 25.2 Å². The molecule has 0 radical (unpaired) electrons. The number of hydrogen-bond donors (Lipinski definition) is 3. The number of aromatic amines is 1. The van der Waals surface area contributed by atoms with Crippen LogP contribution in [0.15, 0.2) is 23.2 Å². The maximum atomic E-state index is 12.4. The molecule has 0 saturated carbocycles. The number of nitrogens with one attached hydrogen (secondary N) is 3. The van der Waals surface area contributed by atoms with Crippen molar-refractivity contribution in [3.8, 4) is 0 Å². The molecule has 0 fully saturated rings. The summed E-state index contributed by atoms with van der Waals surface area (Å²) in [6, 6.07) is 3.44. The van der Waals surface area contributed by atoms with Crippen molar-refractivity contribution in [2.45, 2.75) is 38.5 Å². The minimum absolute atomic E-state index is 0.178. The average Bonchev–Trinajstić information content (AvgIpc) is 2.81. The summed E-state index contributed by atoms with van der Waals surface area (Å²) in [5, 5.41) is 9.76. The van der Waals surface area contributed by atoms with Crippen LogP contribution in [0, 0.1) is 13.8 Å². The summed E-state index contributed by atoms with van der Waals surface area (Å²) in [4.78, 5) is 4.38. The first kappa shape index (κ1) is 16.3. The predicted molar refractivity (Wildman–Crippen MR) is 86.5 cm³/mol. The number of aryl methyl sites for hydroxylation is 2. The molecule has 0 spiro atoms. The monoisotopic (exact) mass is 323 g/mol. The highest BCUT2D eigenvalue weighted by Gasteiger charge is 2.22. The Hall–Kier alpha value is -2.09. The maximum Gasteiger partial charge on any atom is 0.265 e. The second kappa shape index (κ2) is 6.78. The average molecular weight is 323 g/mol. The first-order chi connectivity index (χ1) is 10.4. The summed E-state index contributed by atoms with van der Waals surface area (Å²) >= 11 is 0. The molecule has 0 saturated heterocycles. The van der Waals surface area contributed by atoms with E-state index in [9.17, 15) is 8.42 Å². The fourth-order valence-electron chi connectivity index (χ4n) is 2.09. The molecule has 120 valence electrons. The molecule has 0 amide bonds. The Morgan fingerprint density at radius 3 is 2.59 bits per heavy atom. The molecule has 2 aromatic heterocycles. The number of H-pyrrole nitrogens is 1. The molecule has 3 N–H and O–H groups in total. The highest BCUT2D eigenvalue weighted by molar-refractivity contribution is 7.92. The fourth-order valence-corrected chi connectivity index (χ4v) is 3.51. The van der Waals surface area contributed by atoms with Crippen LogP contribution in [0.4, 0.5) is 11.5 Å². The van der Waals surface area contributed by atoms with Gasteiger partial charge in [0.05, 0.1) is 23.3 Å². The van der Waals surface area contributed by atoms with Crippen molar-refractivity contribution < 1.29 is 8.42 Å². The van der Waals surface area contributed by atoms with Crippen molar-refractivity contribution in [2.24, 2.45) is 0 Å². The van der Waals surface area contributed by atoms with Crippen molar-refractivity contribution in [1.29, 1.82) is 0 Å². The highest BCUT2D eigenvalue weighted by atomic mass is 32.2. The minimum Gasteiger partial charge on any atom is -0.370 e. The van der Waals surface area contributed by atoms with Gasteiger partial charge in [0.1, 0.15) is 10.7 Å². The minimum atomic E-state index is -3.67. The lowest BCUT2D eigenvalue weighted by molar-refractivity contribution is 0.600.